The number of likely N-dealkylation sites (tertiary alicyclic amines) is 1. The second-order valence-electron chi connectivity index (χ2n) is 4.81. The third kappa shape index (κ3) is 3.84. The molecule has 0 amide bonds. The van der Waals surface area contributed by atoms with E-state index in [4.69, 9.17) is 13.7 Å². The van der Waals surface area contributed by atoms with Crippen molar-refractivity contribution in [1.29, 1.82) is 0 Å². The maximum Gasteiger partial charge on any atom is 0.264 e. The van der Waals surface area contributed by atoms with Crippen LogP contribution in [0.25, 0.3) is 0 Å². The Labute approximate surface area is 119 Å². The molecule has 1 aromatic rings. The fourth-order valence-corrected chi connectivity index (χ4v) is 2.81. The van der Waals surface area contributed by atoms with E-state index >= 15 is 0 Å². The van der Waals surface area contributed by atoms with Gasteiger partial charge in [0.1, 0.15) is 6.10 Å². The Morgan fingerprint density at radius 2 is 1.85 bits per heavy atom. The van der Waals surface area contributed by atoms with Gasteiger partial charge in [0.05, 0.1) is 20.5 Å². The maximum absolute atomic E-state index is 11.0. The first kappa shape index (κ1) is 15.1. The van der Waals surface area contributed by atoms with Gasteiger partial charge in [-0.05, 0) is 17.7 Å². The normalized spacial score (nSPS) is 16.8. The molecule has 0 atom stereocenters. The molecule has 20 heavy (non-hydrogen) atoms. The molecule has 1 fully saturated rings. The lowest BCUT2D eigenvalue weighted by atomic mass is 10.1. The van der Waals surface area contributed by atoms with Gasteiger partial charge in [0.2, 0.25) is 0 Å². The lowest BCUT2D eigenvalue weighted by molar-refractivity contribution is 0.0195. The SMILES string of the molecule is COc1ccc(CN2CC(OS(C)(=O)=O)C2)cc1OC. The van der Waals surface area contributed by atoms with Gasteiger partial charge in [-0.25, -0.2) is 0 Å². The monoisotopic (exact) mass is 301 g/mol. The summed E-state index contributed by atoms with van der Waals surface area (Å²) in [6, 6.07) is 5.74. The third-order valence-corrected chi connectivity index (χ3v) is 3.71. The van der Waals surface area contributed by atoms with Crippen LogP contribution in [-0.2, 0) is 20.8 Å². The van der Waals surface area contributed by atoms with Crippen LogP contribution in [-0.4, -0.2) is 53.0 Å². The Hall–Kier alpha value is -1.31. The third-order valence-electron chi connectivity index (χ3n) is 3.09. The molecular weight excluding hydrogens is 282 g/mol. The second-order valence-corrected chi connectivity index (χ2v) is 6.41. The van der Waals surface area contributed by atoms with E-state index in [0.717, 1.165) is 18.4 Å². The highest BCUT2D eigenvalue weighted by molar-refractivity contribution is 7.86. The largest absolute Gasteiger partial charge is 0.493 e. The van der Waals surface area contributed by atoms with Crippen molar-refractivity contribution < 1.29 is 22.1 Å². The number of methoxy groups -OCH3 is 2. The zero-order chi connectivity index (χ0) is 14.8. The highest BCUT2D eigenvalue weighted by atomic mass is 32.2. The number of rotatable bonds is 6. The minimum atomic E-state index is -3.36. The molecule has 6 nitrogen and oxygen atoms in total. The van der Waals surface area contributed by atoms with E-state index in [1.807, 2.05) is 18.2 Å². The molecule has 0 radical (unpaired) electrons. The number of benzene rings is 1. The summed E-state index contributed by atoms with van der Waals surface area (Å²) in [6.45, 7) is 1.95. The van der Waals surface area contributed by atoms with Crippen LogP contribution in [0.5, 0.6) is 11.5 Å². The van der Waals surface area contributed by atoms with Crippen LogP contribution in [0.4, 0.5) is 0 Å². The second kappa shape index (κ2) is 5.99. The van der Waals surface area contributed by atoms with E-state index in [-0.39, 0.29) is 6.10 Å². The summed E-state index contributed by atoms with van der Waals surface area (Å²) < 4.78 is 37.3. The van der Waals surface area contributed by atoms with Crippen molar-refractivity contribution in [3.8, 4) is 11.5 Å². The van der Waals surface area contributed by atoms with E-state index in [1.165, 1.54) is 0 Å². The zero-order valence-corrected chi connectivity index (χ0v) is 12.6. The highest BCUT2D eigenvalue weighted by Gasteiger charge is 2.30. The molecule has 112 valence electrons. The van der Waals surface area contributed by atoms with Gasteiger partial charge in [-0.2, -0.15) is 8.42 Å². The van der Waals surface area contributed by atoms with Crippen molar-refractivity contribution in [2.24, 2.45) is 0 Å². The van der Waals surface area contributed by atoms with Crippen molar-refractivity contribution in [1.82, 2.24) is 4.90 Å². The highest BCUT2D eigenvalue weighted by Crippen LogP contribution is 2.28. The van der Waals surface area contributed by atoms with E-state index in [9.17, 15) is 8.42 Å². The topological polar surface area (TPSA) is 65.1 Å². The van der Waals surface area contributed by atoms with E-state index in [2.05, 4.69) is 4.90 Å². The van der Waals surface area contributed by atoms with Crippen LogP contribution in [0, 0.1) is 0 Å². The summed E-state index contributed by atoms with van der Waals surface area (Å²) in [5.41, 5.74) is 1.08. The van der Waals surface area contributed by atoms with Crippen LogP contribution < -0.4 is 9.47 Å². The van der Waals surface area contributed by atoms with Crippen LogP contribution in [0.3, 0.4) is 0 Å². The fraction of sp³-hybridized carbons (Fsp3) is 0.538. The van der Waals surface area contributed by atoms with Gasteiger partial charge in [-0.15, -0.1) is 0 Å². The zero-order valence-electron chi connectivity index (χ0n) is 11.8. The average molecular weight is 301 g/mol. The predicted octanol–water partition coefficient (Wildman–Crippen LogP) is 0.864. The molecule has 0 N–H and O–H groups in total. The van der Waals surface area contributed by atoms with E-state index < -0.39 is 10.1 Å². The number of hydrogen-bond donors (Lipinski definition) is 0. The summed E-state index contributed by atoms with van der Waals surface area (Å²) in [6.07, 6.45) is 0.842. The first-order chi connectivity index (χ1) is 9.41. The van der Waals surface area contributed by atoms with Gasteiger partial charge in [0.25, 0.3) is 10.1 Å². The van der Waals surface area contributed by atoms with Gasteiger partial charge < -0.3 is 9.47 Å². The van der Waals surface area contributed by atoms with Crippen LogP contribution in [0.1, 0.15) is 5.56 Å². The molecule has 1 saturated heterocycles. The Morgan fingerprint density at radius 3 is 2.40 bits per heavy atom. The average Bonchev–Trinajstić information content (AvgIpc) is 2.34. The van der Waals surface area contributed by atoms with Gasteiger partial charge in [-0.3, -0.25) is 9.08 Å². The Bertz CT molecular complexity index is 566. The van der Waals surface area contributed by atoms with Crippen molar-refractivity contribution in [3.63, 3.8) is 0 Å². The molecule has 0 aromatic heterocycles. The molecule has 1 aliphatic heterocycles. The molecule has 0 saturated carbocycles. The molecule has 0 aliphatic carbocycles. The fourth-order valence-electron chi connectivity index (χ4n) is 2.20. The predicted molar refractivity (Wildman–Crippen MR) is 74.5 cm³/mol. The minimum Gasteiger partial charge on any atom is -0.493 e. The lowest BCUT2D eigenvalue weighted by Crippen LogP contribution is -2.52. The number of hydrogen-bond acceptors (Lipinski definition) is 6. The smallest absolute Gasteiger partial charge is 0.264 e. The molecule has 1 aromatic carbocycles. The van der Waals surface area contributed by atoms with E-state index in [0.29, 0.717) is 24.6 Å². The van der Waals surface area contributed by atoms with Gasteiger partial charge in [0, 0.05) is 19.6 Å². The van der Waals surface area contributed by atoms with Crippen LogP contribution in [0.2, 0.25) is 0 Å². The van der Waals surface area contributed by atoms with Crippen molar-refractivity contribution in [2.45, 2.75) is 12.6 Å². The van der Waals surface area contributed by atoms with Crippen molar-refractivity contribution >= 4 is 10.1 Å². The quantitative estimate of drug-likeness (QED) is 0.726. The first-order valence-electron chi connectivity index (χ1n) is 6.23. The molecule has 0 bridgehead atoms. The number of ether oxygens (including phenoxy) is 2. The van der Waals surface area contributed by atoms with Gasteiger partial charge >= 0.3 is 0 Å². The van der Waals surface area contributed by atoms with Gasteiger partial charge in [0.15, 0.2) is 11.5 Å². The summed E-state index contributed by atoms with van der Waals surface area (Å²) in [4.78, 5) is 2.11. The Kier molecular flexibility index (Phi) is 4.52. The molecule has 1 aliphatic rings. The van der Waals surface area contributed by atoms with Crippen molar-refractivity contribution in [2.75, 3.05) is 33.6 Å². The van der Waals surface area contributed by atoms with Gasteiger partial charge in [-0.1, -0.05) is 6.07 Å². The van der Waals surface area contributed by atoms with E-state index in [1.54, 1.807) is 14.2 Å². The minimum absolute atomic E-state index is 0.231. The molecular formula is C13H19NO5S. The molecule has 2 rings (SSSR count). The molecule has 1 heterocycles. The first-order valence-corrected chi connectivity index (χ1v) is 8.04. The molecule has 0 spiro atoms. The summed E-state index contributed by atoms with van der Waals surface area (Å²) in [5, 5.41) is 0. The standard InChI is InChI=1S/C13H19NO5S/c1-17-12-5-4-10(6-13(12)18-2)7-14-8-11(9-14)19-20(3,15)16/h4-6,11H,7-9H2,1-3H3. The van der Waals surface area contributed by atoms with Crippen LogP contribution >= 0.6 is 0 Å². The lowest BCUT2D eigenvalue weighted by Gasteiger charge is -2.38. The molecule has 0 unspecified atom stereocenters. The summed E-state index contributed by atoms with van der Waals surface area (Å²) >= 11 is 0. The Morgan fingerprint density at radius 1 is 1.20 bits per heavy atom. The molecule has 7 heteroatoms. The van der Waals surface area contributed by atoms with Crippen LogP contribution in [0.15, 0.2) is 18.2 Å². The Balaban J connectivity index is 1.90. The maximum atomic E-state index is 11.0. The summed E-state index contributed by atoms with van der Waals surface area (Å²) in [7, 11) is -0.168. The van der Waals surface area contributed by atoms with Crippen molar-refractivity contribution in [3.05, 3.63) is 23.8 Å². The summed E-state index contributed by atoms with van der Waals surface area (Å²) in [5.74, 6) is 1.38. The number of nitrogens with zero attached hydrogens (tertiary/aromatic N) is 1.